The van der Waals surface area contributed by atoms with Crippen LogP contribution >= 0.6 is 0 Å². The third-order valence-electron chi connectivity index (χ3n) is 13.6. The standard InChI is InChI=1S/C46H41F5N10O5/c1-24-38-39(59-15-14-58(43(59)64)34-10-9-33-29(36(34)48)23-52-56(33)4)37(26-5-7-31(47)30(20-26)46(49,50)51)54-60(38)17-16-57(24)40(62)35-21-28-19-25(27-11-18-65-44(2,3)22-27)6-8-32(28)61(35)45(12-13-45)41-53-42(63)66-55-41/h5-10,14-15,19-21,23-24,27H,11-13,16-18,22H2,1-4H3,(H,53,55,63)/t24-,27+/m0/s1. The number of aromatic nitrogens is 9. The van der Waals surface area contributed by atoms with Crippen LogP contribution < -0.4 is 11.4 Å². The van der Waals surface area contributed by atoms with Crippen molar-refractivity contribution in [1.29, 1.82) is 0 Å². The molecule has 0 unspecified atom stereocenters. The van der Waals surface area contributed by atoms with Crippen molar-refractivity contribution in [1.82, 2.24) is 48.3 Å². The minimum absolute atomic E-state index is 0.0229. The van der Waals surface area contributed by atoms with Crippen LogP contribution in [0, 0.1) is 11.6 Å². The Balaban J connectivity index is 1.06. The lowest BCUT2D eigenvalue weighted by atomic mass is 9.83. The molecule has 1 saturated carbocycles. The van der Waals surface area contributed by atoms with Crippen LogP contribution in [0.15, 0.2) is 87.3 Å². The van der Waals surface area contributed by atoms with Crippen molar-refractivity contribution in [3.63, 3.8) is 0 Å². The maximum absolute atomic E-state index is 16.1. The summed E-state index contributed by atoms with van der Waals surface area (Å²) in [6.45, 7) is 6.61. The van der Waals surface area contributed by atoms with Gasteiger partial charge in [0.05, 0.1) is 52.2 Å². The van der Waals surface area contributed by atoms with Crippen LogP contribution in [0.1, 0.15) is 91.5 Å². The third kappa shape index (κ3) is 6.39. The Labute approximate surface area is 370 Å². The van der Waals surface area contributed by atoms with Gasteiger partial charge in [-0.15, -0.1) is 0 Å². The Morgan fingerprint density at radius 2 is 1.73 bits per heavy atom. The molecule has 7 heterocycles. The Hall–Kier alpha value is -7.09. The Morgan fingerprint density at radius 3 is 2.45 bits per heavy atom. The molecule has 340 valence electrons. The van der Waals surface area contributed by atoms with Gasteiger partial charge in [0.25, 0.3) is 5.91 Å². The molecule has 3 aromatic carbocycles. The summed E-state index contributed by atoms with van der Waals surface area (Å²) in [6, 6.07) is 12.6. The second-order valence-corrected chi connectivity index (χ2v) is 18.0. The molecule has 1 N–H and O–H groups in total. The molecule has 2 aliphatic heterocycles. The van der Waals surface area contributed by atoms with E-state index in [1.165, 1.54) is 34.0 Å². The second-order valence-electron chi connectivity index (χ2n) is 18.0. The molecule has 11 rings (SSSR count). The molecule has 1 aliphatic carbocycles. The van der Waals surface area contributed by atoms with Crippen LogP contribution in [0.3, 0.4) is 0 Å². The molecule has 66 heavy (non-hydrogen) atoms. The predicted molar refractivity (Wildman–Crippen MR) is 229 cm³/mol. The fraction of sp³-hybridized carbons (Fsp3) is 0.348. The smallest absolute Gasteiger partial charge is 0.376 e. The number of H-pyrrole nitrogens is 1. The Kier molecular flexibility index (Phi) is 9.11. The third-order valence-corrected chi connectivity index (χ3v) is 13.6. The van der Waals surface area contributed by atoms with E-state index in [2.05, 4.69) is 41.2 Å². The highest BCUT2D eigenvalue weighted by Crippen LogP contribution is 2.51. The van der Waals surface area contributed by atoms with Gasteiger partial charge in [0, 0.05) is 49.1 Å². The molecule has 1 amide bonds. The molecule has 15 nitrogen and oxygen atoms in total. The van der Waals surface area contributed by atoms with E-state index >= 15 is 9.18 Å². The van der Waals surface area contributed by atoms with Gasteiger partial charge >= 0.3 is 17.6 Å². The lowest BCUT2D eigenvalue weighted by Gasteiger charge is -2.35. The van der Waals surface area contributed by atoms with Gasteiger partial charge in [-0.05, 0) is 106 Å². The summed E-state index contributed by atoms with van der Waals surface area (Å²) in [5.74, 6) is -2.89. The molecule has 2 fully saturated rings. The number of benzene rings is 3. The summed E-state index contributed by atoms with van der Waals surface area (Å²) in [5.41, 5.74) is -0.979. The zero-order valence-corrected chi connectivity index (χ0v) is 36.0. The number of ether oxygens (including phenoxy) is 1. The average Bonchev–Trinajstić information content (AvgIpc) is 3.73. The first-order valence-electron chi connectivity index (χ1n) is 21.5. The first-order chi connectivity index (χ1) is 31.4. The van der Waals surface area contributed by atoms with Crippen LogP contribution in [0.5, 0.6) is 0 Å². The maximum Gasteiger partial charge on any atom is 0.438 e. The number of carbonyl (C=O) groups excluding carboxylic acids is 1. The van der Waals surface area contributed by atoms with Gasteiger partial charge in [-0.3, -0.25) is 32.8 Å². The van der Waals surface area contributed by atoms with Gasteiger partial charge in [-0.25, -0.2) is 18.4 Å². The number of hydrogen-bond acceptors (Lipinski definition) is 8. The summed E-state index contributed by atoms with van der Waals surface area (Å²) in [4.78, 5) is 46.5. The number of hydrogen-bond donors (Lipinski definition) is 1. The summed E-state index contributed by atoms with van der Waals surface area (Å²) < 4.78 is 91.4. The van der Waals surface area contributed by atoms with Crippen molar-refractivity contribution >= 4 is 27.7 Å². The Morgan fingerprint density at radius 1 is 0.955 bits per heavy atom. The lowest BCUT2D eigenvalue weighted by Crippen LogP contribution is -2.43. The zero-order chi connectivity index (χ0) is 46.2. The van der Waals surface area contributed by atoms with Crippen LogP contribution in [0.25, 0.3) is 44.4 Å². The normalized spacial score (nSPS) is 19.2. The molecule has 0 spiro atoms. The number of rotatable bonds is 7. The van der Waals surface area contributed by atoms with Gasteiger partial charge in [0.2, 0.25) is 0 Å². The molecule has 5 aromatic heterocycles. The molecule has 0 bridgehead atoms. The largest absolute Gasteiger partial charge is 0.438 e. The number of amides is 1. The van der Waals surface area contributed by atoms with Gasteiger partial charge in [-0.1, -0.05) is 11.2 Å². The fourth-order valence-electron chi connectivity index (χ4n) is 10.2. The lowest BCUT2D eigenvalue weighted by molar-refractivity contribution is -0.139. The average molecular weight is 909 g/mol. The van der Waals surface area contributed by atoms with Crippen molar-refractivity contribution < 1.29 is 36.0 Å². The van der Waals surface area contributed by atoms with Crippen LogP contribution in [-0.2, 0) is 30.0 Å². The number of aromatic amines is 1. The molecule has 20 heteroatoms. The summed E-state index contributed by atoms with van der Waals surface area (Å²) in [6.07, 6.45) is 1.66. The second kappa shape index (κ2) is 14.5. The van der Waals surface area contributed by atoms with Crippen molar-refractivity contribution in [2.45, 2.75) is 82.3 Å². The van der Waals surface area contributed by atoms with Crippen molar-refractivity contribution in [2.75, 3.05) is 13.2 Å². The maximum atomic E-state index is 16.1. The topological polar surface area (TPSA) is 156 Å². The van der Waals surface area contributed by atoms with Crippen molar-refractivity contribution in [3.8, 4) is 22.6 Å². The molecular weight excluding hydrogens is 868 g/mol. The number of carbonyl (C=O) groups is 1. The first-order valence-corrected chi connectivity index (χ1v) is 21.5. The molecule has 0 radical (unpaired) electrons. The van der Waals surface area contributed by atoms with Gasteiger partial charge in [-0.2, -0.15) is 23.4 Å². The van der Waals surface area contributed by atoms with Gasteiger partial charge in [0.1, 0.15) is 28.4 Å². The van der Waals surface area contributed by atoms with Gasteiger partial charge < -0.3 is 14.2 Å². The van der Waals surface area contributed by atoms with Crippen LogP contribution in [0.2, 0.25) is 0 Å². The number of aryl methyl sites for hydroxylation is 1. The molecule has 1 saturated heterocycles. The van der Waals surface area contributed by atoms with E-state index in [0.717, 1.165) is 44.5 Å². The highest BCUT2D eigenvalue weighted by Gasteiger charge is 2.53. The highest BCUT2D eigenvalue weighted by atomic mass is 19.4. The minimum Gasteiger partial charge on any atom is -0.376 e. The highest BCUT2D eigenvalue weighted by molar-refractivity contribution is 6.00. The summed E-state index contributed by atoms with van der Waals surface area (Å²) >= 11 is 0. The molecular formula is C46H41F5N10O5. The van der Waals surface area contributed by atoms with E-state index in [-0.39, 0.29) is 64.1 Å². The quantitative estimate of drug-likeness (QED) is 0.159. The molecule has 3 aliphatic rings. The van der Waals surface area contributed by atoms with E-state index < -0.39 is 52.3 Å². The summed E-state index contributed by atoms with van der Waals surface area (Å²) in [7, 11) is 1.65. The van der Waals surface area contributed by atoms with E-state index in [9.17, 15) is 27.2 Å². The predicted octanol–water partition coefficient (Wildman–Crippen LogP) is 7.73. The van der Waals surface area contributed by atoms with Crippen molar-refractivity contribution in [2.24, 2.45) is 7.05 Å². The van der Waals surface area contributed by atoms with Crippen LogP contribution in [-0.4, -0.2) is 73.0 Å². The van der Waals surface area contributed by atoms with E-state index in [1.807, 2.05) is 16.7 Å². The number of halogens is 5. The Bertz CT molecular complexity index is 3420. The number of imidazole rings is 1. The first kappa shape index (κ1) is 41.6. The monoisotopic (exact) mass is 908 g/mol. The number of fused-ring (bicyclic) bond motifs is 3. The number of nitrogens with zero attached hydrogens (tertiary/aromatic N) is 9. The van der Waals surface area contributed by atoms with Crippen LogP contribution in [0.4, 0.5) is 22.0 Å². The van der Waals surface area contributed by atoms with Gasteiger partial charge in [0.15, 0.2) is 11.6 Å². The van der Waals surface area contributed by atoms with E-state index in [4.69, 9.17) is 14.4 Å². The summed E-state index contributed by atoms with van der Waals surface area (Å²) in [5, 5.41) is 13.9. The zero-order valence-electron chi connectivity index (χ0n) is 36.0. The van der Waals surface area contributed by atoms with E-state index in [1.54, 1.807) is 24.9 Å². The van der Waals surface area contributed by atoms with Crippen molar-refractivity contribution in [3.05, 3.63) is 134 Å². The molecule has 2 atom stereocenters. The fourth-order valence-corrected chi connectivity index (χ4v) is 10.2. The SMILES string of the molecule is C[C@H]1c2c(-n3ccn(-c4ccc5c(cnn5C)c4F)c3=O)c(-c3ccc(F)c(C(F)(F)F)c3)nn2CCN1C(=O)c1cc2cc([C@@H]3CCOC(C)(C)C3)ccc2n1C1(c2noc(=O)[nH]2)CC1. The molecule has 8 aromatic rings. The number of nitrogens with one attached hydrogen (secondary N) is 1. The van der Waals surface area contributed by atoms with E-state index in [0.29, 0.717) is 42.8 Å². The number of alkyl halides is 3. The minimum atomic E-state index is -5.06.